The maximum Gasteiger partial charge on any atom is 1.00 e. The van der Waals surface area contributed by atoms with E-state index in [1.165, 1.54) is 18.7 Å². The summed E-state index contributed by atoms with van der Waals surface area (Å²) in [5.74, 6) is -3.95. The zero-order valence-corrected chi connectivity index (χ0v) is 26.8. The van der Waals surface area contributed by atoms with Crippen LogP contribution in [-0.2, 0) is 28.7 Å². The first-order valence-corrected chi connectivity index (χ1v) is 14.4. The number of carbonyl (C=O) groups is 6. The van der Waals surface area contributed by atoms with Crippen LogP contribution in [0.3, 0.4) is 0 Å². The van der Waals surface area contributed by atoms with E-state index in [1.54, 1.807) is 36.4 Å². The number of nitrogens with zero attached hydrogens (tertiary/aromatic N) is 2. The average molecular weight is 627 g/mol. The number of carboxylic acid groups (broad SMARTS) is 1. The molecule has 3 aliphatic heterocycles. The summed E-state index contributed by atoms with van der Waals surface area (Å²) in [5.41, 5.74) is 1.52. The molecule has 0 aliphatic carbocycles. The number of amides is 5. The first kappa shape index (κ1) is 33.0. The third kappa shape index (κ3) is 6.91. The number of thioether (sulfide) groups is 1. The molecule has 2 aromatic rings. The molecule has 3 heterocycles. The van der Waals surface area contributed by atoms with E-state index in [4.69, 9.17) is 4.74 Å². The minimum absolute atomic E-state index is 0. The van der Waals surface area contributed by atoms with Crippen LogP contribution in [0.5, 0.6) is 0 Å². The summed E-state index contributed by atoms with van der Waals surface area (Å²) < 4.78 is 4.92. The van der Waals surface area contributed by atoms with Gasteiger partial charge >= 0.3 is 41.6 Å². The van der Waals surface area contributed by atoms with E-state index < -0.39 is 53.1 Å². The number of benzene rings is 2. The predicted molar refractivity (Wildman–Crippen MR) is 152 cm³/mol. The van der Waals surface area contributed by atoms with Crippen molar-refractivity contribution in [2.24, 2.45) is 0 Å². The van der Waals surface area contributed by atoms with Gasteiger partial charge in [-0.3, -0.25) is 29.0 Å². The van der Waals surface area contributed by atoms with Crippen LogP contribution in [0.25, 0.3) is 6.08 Å². The molecule has 222 valence electrons. The van der Waals surface area contributed by atoms with Crippen molar-refractivity contribution in [1.29, 1.82) is 0 Å². The van der Waals surface area contributed by atoms with Crippen molar-refractivity contribution in [3.8, 4) is 0 Å². The maximum absolute atomic E-state index is 13.5. The summed E-state index contributed by atoms with van der Waals surface area (Å²) in [6.45, 7) is 1.01. The number of β-lactam (4-membered cyclic amide) rings is 1. The predicted octanol–water partition coefficient (Wildman–Crippen LogP) is -2.28. The van der Waals surface area contributed by atoms with Gasteiger partial charge in [0.25, 0.3) is 11.8 Å². The number of aliphatic carboxylic acids is 1. The van der Waals surface area contributed by atoms with Gasteiger partial charge in [0.1, 0.15) is 24.1 Å². The number of carboxylic acids is 1. The van der Waals surface area contributed by atoms with Crippen molar-refractivity contribution in [2.75, 3.05) is 18.9 Å². The SMILES string of the molecule is CC(=O)OCC1=C(C(=O)[O-])N2C(=O)C(NC(=O)C(NC(=O)N3CCC(=Cc4ccccc4)C3=O)c3ccccc3)[C@@H]2SC1.[Na+]. The number of carbonyl (C=O) groups excluding carboxylic acids is 6. The van der Waals surface area contributed by atoms with Crippen molar-refractivity contribution in [1.82, 2.24) is 20.4 Å². The number of esters is 1. The Bertz CT molecular complexity index is 1550. The molecule has 14 heteroatoms. The van der Waals surface area contributed by atoms with Crippen LogP contribution >= 0.6 is 11.8 Å². The van der Waals surface area contributed by atoms with E-state index in [2.05, 4.69) is 10.6 Å². The van der Waals surface area contributed by atoms with Gasteiger partial charge in [-0.2, -0.15) is 0 Å². The number of hydrogen-bond acceptors (Lipinski definition) is 9. The van der Waals surface area contributed by atoms with Crippen molar-refractivity contribution in [2.45, 2.75) is 30.8 Å². The molecule has 2 fully saturated rings. The molecule has 2 N–H and O–H groups in total. The zero-order valence-electron chi connectivity index (χ0n) is 24.0. The number of urea groups is 1. The Balaban J connectivity index is 0.00000442. The van der Waals surface area contributed by atoms with Crippen LogP contribution < -0.4 is 45.3 Å². The van der Waals surface area contributed by atoms with E-state index in [9.17, 15) is 33.9 Å². The Morgan fingerprint density at radius 2 is 1.73 bits per heavy atom. The second kappa shape index (κ2) is 14.2. The summed E-state index contributed by atoms with van der Waals surface area (Å²) in [4.78, 5) is 78.0. The normalized spacial score (nSPS) is 20.7. The Hall–Kier alpha value is -3.91. The smallest absolute Gasteiger partial charge is 0.543 e. The van der Waals surface area contributed by atoms with Crippen molar-refractivity contribution >= 4 is 53.5 Å². The Labute approximate surface area is 279 Å². The largest absolute Gasteiger partial charge is 1.00 e. The Kier molecular flexibility index (Phi) is 10.7. The number of ether oxygens (including phenoxy) is 1. The van der Waals surface area contributed by atoms with Gasteiger partial charge in [0, 0.05) is 30.4 Å². The minimum Gasteiger partial charge on any atom is -0.543 e. The quantitative estimate of drug-likeness (QED) is 0.142. The molecule has 0 radical (unpaired) electrons. The van der Waals surface area contributed by atoms with E-state index >= 15 is 0 Å². The second-order valence-corrected chi connectivity index (χ2v) is 11.1. The molecular weight excluding hydrogens is 599 g/mol. The van der Waals surface area contributed by atoms with Gasteiger partial charge in [-0.05, 0) is 23.6 Å². The molecule has 5 amide bonds. The molecule has 3 aliphatic rings. The van der Waals surface area contributed by atoms with Gasteiger partial charge in [-0.15, -0.1) is 11.8 Å². The van der Waals surface area contributed by atoms with E-state index in [-0.39, 0.29) is 59.7 Å². The topological polar surface area (TPSA) is 165 Å². The first-order valence-electron chi connectivity index (χ1n) is 13.4. The second-order valence-electron chi connectivity index (χ2n) is 10.00. The fourth-order valence-corrected chi connectivity index (χ4v) is 6.37. The van der Waals surface area contributed by atoms with Crippen molar-refractivity contribution < 1.29 is 68.2 Å². The van der Waals surface area contributed by atoms with Gasteiger partial charge < -0.3 is 25.3 Å². The number of rotatable bonds is 8. The molecule has 12 nitrogen and oxygen atoms in total. The number of fused-ring (bicyclic) bond motifs is 1. The van der Waals surface area contributed by atoms with Gasteiger partial charge in [0.05, 0.1) is 11.7 Å². The van der Waals surface area contributed by atoms with Crippen LogP contribution in [0.2, 0.25) is 0 Å². The van der Waals surface area contributed by atoms with E-state index in [0.717, 1.165) is 15.4 Å². The average Bonchev–Trinajstić information content (AvgIpc) is 3.36. The summed E-state index contributed by atoms with van der Waals surface area (Å²) in [5, 5.41) is 16.4. The molecule has 0 bridgehead atoms. The molecule has 3 atom stereocenters. The molecule has 2 aromatic carbocycles. The van der Waals surface area contributed by atoms with Gasteiger partial charge in [0.15, 0.2) is 0 Å². The number of hydrogen-bond donors (Lipinski definition) is 2. The summed E-state index contributed by atoms with van der Waals surface area (Å²) in [7, 11) is 0. The molecule has 0 spiro atoms. The molecule has 5 rings (SSSR count). The number of likely N-dealkylation sites (tertiary alicyclic amines) is 1. The first-order chi connectivity index (χ1) is 20.7. The molecule has 44 heavy (non-hydrogen) atoms. The standard InChI is InChI=1S/C30H28N4O8S.Na/c1-17(35)42-15-21-16-43-28-23(27(38)34(28)24(21)29(39)40)31-25(36)22(19-10-6-3-7-11-19)32-30(41)33-13-12-20(26(33)37)14-18-8-4-2-5-9-18;/h2-11,14,22-23,28H,12-13,15-16H2,1H3,(H,31,36)(H,32,41)(H,39,40);/q;+1/p-1/t22?,23?,28-;/m0./s1. The Morgan fingerprint density at radius 1 is 1.07 bits per heavy atom. The van der Waals surface area contributed by atoms with Crippen LogP contribution in [0.15, 0.2) is 77.5 Å². The zero-order chi connectivity index (χ0) is 30.7. The third-order valence-corrected chi connectivity index (χ3v) is 8.50. The summed E-state index contributed by atoms with van der Waals surface area (Å²) in [6.07, 6.45) is 2.07. The van der Waals surface area contributed by atoms with Crippen molar-refractivity contribution in [3.63, 3.8) is 0 Å². The fourth-order valence-electron chi connectivity index (χ4n) is 5.05. The van der Waals surface area contributed by atoms with Crippen LogP contribution in [0.4, 0.5) is 4.79 Å². The van der Waals surface area contributed by atoms with Crippen LogP contribution in [0.1, 0.15) is 30.5 Å². The molecular formula is C30H27N4NaO8S. The summed E-state index contributed by atoms with van der Waals surface area (Å²) >= 11 is 1.19. The maximum atomic E-state index is 13.5. The molecule has 2 unspecified atom stereocenters. The Morgan fingerprint density at radius 3 is 2.36 bits per heavy atom. The van der Waals surface area contributed by atoms with E-state index in [1.807, 2.05) is 30.3 Å². The monoisotopic (exact) mass is 626 g/mol. The molecule has 2 saturated heterocycles. The number of imide groups is 1. The number of nitrogens with one attached hydrogen (secondary N) is 2. The van der Waals surface area contributed by atoms with Crippen LogP contribution in [0, 0.1) is 0 Å². The summed E-state index contributed by atoms with van der Waals surface area (Å²) in [6, 6.07) is 14.5. The van der Waals surface area contributed by atoms with Gasteiger partial charge in [-0.1, -0.05) is 60.7 Å². The van der Waals surface area contributed by atoms with E-state index in [0.29, 0.717) is 17.6 Å². The van der Waals surface area contributed by atoms with Gasteiger partial charge in [-0.25, -0.2) is 4.79 Å². The molecule has 0 aromatic heterocycles. The van der Waals surface area contributed by atoms with Crippen LogP contribution in [-0.4, -0.2) is 75.8 Å². The minimum atomic E-state index is -1.60. The fraction of sp³-hybridized carbons (Fsp3) is 0.267. The third-order valence-electron chi connectivity index (χ3n) is 7.16. The van der Waals surface area contributed by atoms with Gasteiger partial charge in [0.2, 0.25) is 5.91 Å². The van der Waals surface area contributed by atoms with Crippen molar-refractivity contribution in [3.05, 3.63) is 88.6 Å². The molecule has 0 saturated carbocycles.